The van der Waals surface area contributed by atoms with Crippen LogP contribution in [0, 0.1) is 0 Å². The third-order valence-corrected chi connectivity index (χ3v) is 4.38. The predicted molar refractivity (Wildman–Crippen MR) is 89.7 cm³/mol. The van der Waals surface area contributed by atoms with Gasteiger partial charge in [-0.1, -0.05) is 54.9 Å². The van der Waals surface area contributed by atoms with Crippen molar-refractivity contribution in [3.05, 3.63) is 65.2 Å². The normalized spacial score (nSPS) is 12.3. The topological polar surface area (TPSA) is 12.0 Å². The van der Waals surface area contributed by atoms with E-state index in [1.807, 2.05) is 30.0 Å². The Morgan fingerprint density at radius 3 is 2.60 bits per heavy atom. The Morgan fingerprint density at radius 2 is 1.90 bits per heavy atom. The van der Waals surface area contributed by atoms with Crippen molar-refractivity contribution in [2.75, 3.05) is 12.3 Å². The lowest BCUT2D eigenvalue weighted by molar-refractivity contribution is 0.577. The van der Waals surface area contributed by atoms with E-state index in [1.165, 1.54) is 10.5 Å². The Bertz CT molecular complexity index is 515. The fourth-order valence-corrected chi connectivity index (χ4v) is 3.32. The van der Waals surface area contributed by atoms with Gasteiger partial charge in [-0.05, 0) is 36.7 Å². The molecule has 0 saturated heterocycles. The third kappa shape index (κ3) is 4.86. The summed E-state index contributed by atoms with van der Waals surface area (Å²) in [6.45, 7) is 3.23. The largest absolute Gasteiger partial charge is 0.309 e. The van der Waals surface area contributed by atoms with Crippen LogP contribution in [0.3, 0.4) is 0 Å². The Labute approximate surface area is 130 Å². The van der Waals surface area contributed by atoms with E-state index in [4.69, 9.17) is 11.6 Å². The van der Waals surface area contributed by atoms with Gasteiger partial charge in [-0.3, -0.25) is 0 Å². The summed E-state index contributed by atoms with van der Waals surface area (Å²) in [5.74, 6) is 1.00. The molecule has 0 bridgehead atoms. The van der Waals surface area contributed by atoms with E-state index in [-0.39, 0.29) is 0 Å². The van der Waals surface area contributed by atoms with Gasteiger partial charge in [0.15, 0.2) is 0 Å². The van der Waals surface area contributed by atoms with Crippen LogP contribution in [0.25, 0.3) is 0 Å². The predicted octanol–water partition coefficient (Wildman–Crippen LogP) is 5.17. The molecule has 1 N–H and O–H groups in total. The summed E-state index contributed by atoms with van der Waals surface area (Å²) in [6, 6.07) is 19.0. The Kier molecular flexibility index (Phi) is 6.44. The molecular weight excluding hydrogens is 286 g/mol. The van der Waals surface area contributed by atoms with Crippen molar-refractivity contribution >= 4 is 23.4 Å². The van der Waals surface area contributed by atoms with Crippen molar-refractivity contribution in [2.45, 2.75) is 24.3 Å². The molecule has 1 nitrogen and oxygen atoms in total. The maximum absolute atomic E-state index is 6.03. The average molecular weight is 306 g/mol. The number of nitrogens with one attached hydrogen (secondary N) is 1. The lowest BCUT2D eigenvalue weighted by Crippen LogP contribution is -2.24. The highest BCUT2D eigenvalue weighted by Crippen LogP contribution is 2.26. The minimum atomic E-state index is 0.375. The molecule has 0 aliphatic carbocycles. The van der Waals surface area contributed by atoms with Crippen molar-refractivity contribution in [3.63, 3.8) is 0 Å². The molecule has 0 aliphatic heterocycles. The monoisotopic (exact) mass is 305 g/mol. The molecule has 1 atom stereocenters. The molecule has 2 rings (SSSR count). The second-order valence-electron chi connectivity index (χ2n) is 4.69. The maximum atomic E-state index is 6.03. The first-order valence-corrected chi connectivity index (χ1v) is 8.32. The number of halogens is 1. The van der Waals surface area contributed by atoms with Crippen molar-refractivity contribution < 1.29 is 0 Å². The zero-order valence-corrected chi connectivity index (χ0v) is 13.3. The summed E-state index contributed by atoms with van der Waals surface area (Å²) < 4.78 is 0. The lowest BCUT2D eigenvalue weighted by Gasteiger charge is -2.18. The number of rotatable bonds is 7. The van der Waals surface area contributed by atoms with Crippen LogP contribution >= 0.6 is 23.4 Å². The molecule has 0 aliphatic rings. The quantitative estimate of drug-likeness (QED) is 0.708. The minimum absolute atomic E-state index is 0.375. The highest BCUT2D eigenvalue weighted by Gasteiger charge is 2.10. The van der Waals surface area contributed by atoms with Crippen LogP contribution in [0.4, 0.5) is 0 Å². The molecule has 0 saturated carbocycles. The van der Waals surface area contributed by atoms with Crippen molar-refractivity contribution in [2.24, 2.45) is 0 Å². The summed E-state index contributed by atoms with van der Waals surface area (Å²) in [6.07, 6.45) is 1.14. The van der Waals surface area contributed by atoms with E-state index in [2.05, 4.69) is 48.6 Å². The smallest absolute Gasteiger partial charge is 0.0417 e. The fourth-order valence-electron chi connectivity index (χ4n) is 2.01. The Hall–Kier alpha value is -0.960. The van der Waals surface area contributed by atoms with Gasteiger partial charge in [0.1, 0.15) is 0 Å². The summed E-state index contributed by atoms with van der Waals surface area (Å²) >= 11 is 7.87. The van der Waals surface area contributed by atoms with Gasteiger partial charge < -0.3 is 5.32 Å². The zero-order chi connectivity index (χ0) is 14.2. The van der Waals surface area contributed by atoms with Crippen LogP contribution < -0.4 is 5.32 Å². The molecular formula is C17H20ClNS. The van der Waals surface area contributed by atoms with E-state index >= 15 is 0 Å². The van der Waals surface area contributed by atoms with Crippen molar-refractivity contribution in [3.8, 4) is 0 Å². The van der Waals surface area contributed by atoms with Gasteiger partial charge in [0, 0.05) is 21.7 Å². The fraction of sp³-hybridized carbons (Fsp3) is 0.294. The van der Waals surface area contributed by atoms with Crippen molar-refractivity contribution in [1.29, 1.82) is 0 Å². The first-order valence-electron chi connectivity index (χ1n) is 6.96. The van der Waals surface area contributed by atoms with Gasteiger partial charge >= 0.3 is 0 Å². The molecule has 3 heteroatoms. The molecule has 0 fully saturated rings. The molecule has 0 spiro atoms. The second-order valence-corrected chi connectivity index (χ2v) is 6.22. The van der Waals surface area contributed by atoms with Crippen molar-refractivity contribution in [1.82, 2.24) is 5.32 Å². The number of hydrogen-bond acceptors (Lipinski definition) is 2. The Balaban J connectivity index is 2.01. The molecule has 2 aromatic rings. The van der Waals surface area contributed by atoms with Crippen LogP contribution in [0.1, 0.15) is 24.9 Å². The van der Waals surface area contributed by atoms with Crippen LogP contribution in [-0.2, 0) is 0 Å². The molecule has 20 heavy (non-hydrogen) atoms. The van der Waals surface area contributed by atoms with E-state index in [0.29, 0.717) is 6.04 Å². The van der Waals surface area contributed by atoms with E-state index < -0.39 is 0 Å². The highest BCUT2D eigenvalue weighted by atomic mass is 35.5. The van der Waals surface area contributed by atoms with Gasteiger partial charge in [-0.25, -0.2) is 0 Å². The molecule has 0 aromatic heterocycles. The van der Waals surface area contributed by atoms with Gasteiger partial charge in [0.2, 0.25) is 0 Å². The highest BCUT2D eigenvalue weighted by molar-refractivity contribution is 7.99. The molecule has 0 heterocycles. The van der Waals surface area contributed by atoms with Gasteiger partial charge in [0.05, 0.1) is 0 Å². The maximum Gasteiger partial charge on any atom is 0.0417 e. The Morgan fingerprint density at radius 1 is 1.10 bits per heavy atom. The molecule has 106 valence electrons. The lowest BCUT2D eigenvalue weighted by atomic mass is 10.1. The average Bonchev–Trinajstić information content (AvgIpc) is 2.48. The van der Waals surface area contributed by atoms with Gasteiger partial charge in [0.25, 0.3) is 0 Å². The van der Waals surface area contributed by atoms with Crippen LogP contribution in [0.5, 0.6) is 0 Å². The van der Waals surface area contributed by atoms with E-state index in [1.54, 1.807) is 0 Å². The zero-order valence-electron chi connectivity index (χ0n) is 11.7. The van der Waals surface area contributed by atoms with E-state index in [9.17, 15) is 0 Å². The summed E-state index contributed by atoms with van der Waals surface area (Å²) in [5, 5.41) is 4.42. The minimum Gasteiger partial charge on any atom is -0.309 e. The van der Waals surface area contributed by atoms with Crippen LogP contribution in [-0.4, -0.2) is 12.3 Å². The van der Waals surface area contributed by atoms with Gasteiger partial charge in [-0.15, -0.1) is 11.8 Å². The molecule has 1 unspecified atom stereocenters. The number of benzene rings is 2. The molecule has 0 amide bonds. The molecule has 2 aromatic carbocycles. The van der Waals surface area contributed by atoms with Crippen LogP contribution in [0.2, 0.25) is 5.02 Å². The standard InChI is InChI=1S/C17H20ClNS/c1-2-11-19-17(14-7-4-3-5-8-14)13-20-16-10-6-9-15(18)12-16/h3-10,12,17,19H,2,11,13H2,1H3. The summed E-state index contributed by atoms with van der Waals surface area (Å²) in [4.78, 5) is 1.22. The van der Waals surface area contributed by atoms with Crippen LogP contribution in [0.15, 0.2) is 59.5 Å². The summed E-state index contributed by atoms with van der Waals surface area (Å²) in [7, 11) is 0. The number of thioether (sulfide) groups is 1. The second kappa shape index (κ2) is 8.35. The summed E-state index contributed by atoms with van der Waals surface area (Å²) in [5.41, 5.74) is 1.34. The third-order valence-electron chi connectivity index (χ3n) is 3.06. The molecule has 0 radical (unpaired) electrons. The first kappa shape index (κ1) is 15.4. The number of hydrogen-bond donors (Lipinski definition) is 1. The first-order chi connectivity index (χ1) is 9.79. The van der Waals surface area contributed by atoms with Gasteiger partial charge in [-0.2, -0.15) is 0 Å². The SMILES string of the molecule is CCCNC(CSc1cccc(Cl)c1)c1ccccc1. The van der Waals surface area contributed by atoms with E-state index in [0.717, 1.165) is 23.7 Å².